The first kappa shape index (κ1) is 14.0. The smallest absolute Gasteiger partial charge is 0.244 e. The molecule has 6 heteroatoms. The van der Waals surface area contributed by atoms with Crippen molar-refractivity contribution in [1.82, 2.24) is 19.9 Å². The molecular weight excluding hydrogens is 244 g/mol. The van der Waals surface area contributed by atoms with Crippen LogP contribution < -0.4 is 0 Å². The second-order valence-electron chi connectivity index (χ2n) is 5.31. The summed E-state index contributed by atoms with van der Waals surface area (Å²) in [5.74, 6) is 0.0499. The van der Waals surface area contributed by atoms with Crippen LogP contribution in [-0.2, 0) is 11.3 Å². The molecule has 0 spiro atoms. The van der Waals surface area contributed by atoms with Crippen LogP contribution in [0.5, 0.6) is 0 Å². The fraction of sp³-hybridized carbons (Fsp3) is 0.769. The molecular formula is C13H22N4O2. The van der Waals surface area contributed by atoms with Crippen molar-refractivity contribution in [3.05, 3.63) is 11.9 Å². The standard InChI is InChI=1S/C13H22N4O2/c1-10(18)12-8-17(15-14-12)9-13(19)16(2)11-6-4-3-5-7-11/h8,10-11,18H,3-7,9H2,1-2H3. The summed E-state index contributed by atoms with van der Waals surface area (Å²) in [5, 5.41) is 17.1. The van der Waals surface area contributed by atoms with Crippen molar-refractivity contribution in [1.29, 1.82) is 0 Å². The van der Waals surface area contributed by atoms with Gasteiger partial charge < -0.3 is 10.0 Å². The molecule has 1 aromatic rings. The highest BCUT2D eigenvalue weighted by Gasteiger charge is 2.22. The van der Waals surface area contributed by atoms with Gasteiger partial charge in [-0.15, -0.1) is 5.10 Å². The van der Waals surface area contributed by atoms with Crippen molar-refractivity contribution in [2.45, 2.75) is 57.7 Å². The van der Waals surface area contributed by atoms with Crippen LogP contribution in [0.25, 0.3) is 0 Å². The van der Waals surface area contributed by atoms with Crippen LogP contribution in [0.2, 0.25) is 0 Å². The first-order valence-corrected chi connectivity index (χ1v) is 6.91. The number of likely N-dealkylation sites (N-methyl/N-ethyl adjacent to an activating group) is 1. The summed E-state index contributed by atoms with van der Waals surface area (Å²) in [6, 6.07) is 0.362. The van der Waals surface area contributed by atoms with Gasteiger partial charge in [-0.1, -0.05) is 24.5 Å². The Morgan fingerprint density at radius 1 is 1.53 bits per heavy atom. The quantitative estimate of drug-likeness (QED) is 0.886. The molecule has 1 unspecified atom stereocenters. The minimum Gasteiger partial charge on any atom is -0.387 e. The second kappa shape index (κ2) is 6.14. The van der Waals surface area contributed by atoms with Gasteiger partial charge >= 0.3 is 0 Å². The molecule has 1 N–H and O–H groups in total. The van der Waals surface area contributed by atoms with Crippen LogP contribution in [-0.4, -0.2) is 44.0 Å². The van der Waals surface area contributed by atoms with E-state index in [9.17, 15) is 9.90 Å². The highest BCUT2D eigenvalue weighted by atomic mass is 16.3. The monoisotopic (exact) mass is 266 g/mol. The molecule has 0 aromatic carbocycles. The Kier molecular flexibility index (Phi) is 4.52. The number of hydrogen-bond donors (Lipinski definition) is 1. The number of hydrogen-bond acceptors (Lipinski definition) is 4. The molecule has 0 aliphatic heterocycles. The van der Waals surface area contributed by atoms with Crippen molar-refractivity contribution in [3.8, 4) is 0 Å². The first-order valence-electron chi connectivity index (χ1n) is 6.91. The summed E-state index contributed by atoms with van der Waals surface area (Å²) in [6.45, 7) is 1.82. The fourth-order valence-corrected chi connectivity index (χ4v) is 2.50. The van der Waals surface area contributed by atoms with Crippen LogP contribution in [0.15, 0.2) is 6.20 Å². The van der Waals surface area contributed by atoms with Crippen LogP contribution in [0.3, 0.4) is 0 Å². The van der Waals surface area contributed by atoms with Crippen LogP contribution in [0, 0.1) is 0 Å². The van der Waals surface area contributed by atoms with E-state index in [2.05, 4.69) is 10.3 Å². The van der Waals surface area contributed by atoms with Crippen molar-refractivity contribution >= 4 is 5.91 Å². The van der Waals surface area contributed by atoms with Crippen LogP contribution in [0.4, 0.5) is 0 Å². The molecule has 0 radical (unpaired) electrons. The molecule has 1 amide bonds. The summed E-state index contributed by atoms with van der Waals surface area (Å²) < 4.78 is 1.49. The third kappa shape index (κ3) is 3.53. The average Bonchev–Trinajstić information content (AvgIpc) is 2.87. The largest absolute Gasteiger partial charge is 0.387 e. The molecule has 2 rings (SSSR count). The lowest BCUT2D eigenvalue weighted by Gasteiger charge is -2.31. The predicted molar refractivity (Wildman–Crippen MR) is 70.3 cm³/mol. The van der Waals surface area contributed by atoms with E-state index in [1.807, 2.05) is 11.9 Å². The SMILES string of the molecule is CC(O)c1cn(CC(=O)N(C)C2CCCCC2)nn1. The zero-order valence-corrected chi connectivity index (χ0v) is 11.6. The van der Waals surface area contributed by atoms with Gasteiger partial charge in [0.15, 0.2) is 0 Å². The van der Waals surface area contributed by atoms with Gasteiger partial charge in [0.1, 0.15) is 12.2 Å². The van der Waals surface area contributed by atoms with Crippen LogP contribution >= 0.6 is 0 Å². The summed E-state index contributed by atoms with van der Waals surface area (Å²) in [5.41, 5.74) is 0.494. The van der Waals surface area contributed by atoms with Gasteiger partial charge in [-0.3, -0.25) is 4.79 Å². The molecule has 1 aliphatic rings. The maximum Gasteiger partial charge on any atom is 0.244 e. The number of carbonyl (C=O) groups excluding carboxylic acids is 1. The predicted octanol–water partition coefficient (Wildman–Crippen LogP) is 1.12. The topological polar surface area (TPSA) is 71.2 Å². The van der Waals surface area contributed by atoms with Crippen molar-refractivity contribution in [2.75, 3.05) is 7.05 Å². The summed E-state index contributed by atoms with van der Waals surface area (Å²) in [6.07, 6.45) is 6.85. The fourth-order valence-electron chi connectivity index (χ4n) is 2.50. The van der Waals surface area contributed by atoms with E-state index >= 15 is 0 Å². The molecule has 1 aromatic heterocycles. The minimum atomic E-state index is -0.653. The van der Waals surface area contributed by atoms with E-state index in [-0.39, 0.29) is 12.5 Å². The Labute approximate surface area is 113 Å². The van der Waals surface area contributed by atoms with Crippen molar-refractivity contribution < 1.29 is 9.90 Å². The molecule has 1 atom stereocenters. The second-order valence-corrected chi connectivity index (χ2v) is 5.31. The zero-order chi connectivity index (χ0) is 13.8. The normalized spacial score (nSPS) is 18.3. The Bertz CT molecular complexity index is 424. The molecule has 1 aliphatic carbocycles. The zero-order valence-electron chi connectivity index (χ0n) is 11.6. The molecule has 6 nitrogen and oxygen atoms in total. The first-order chi connectivity index (χ1) is 9.08. The molecule has 1 fully saturated rings. The van der Waals surface area contributed by atoms with E-state index in [1.165, 1.54) is 23.9 Å². The Morgan fingerprint density at radius 2 is 2.21 bits per heavy atom. The Balaban J connectivity index is 1.91. The lowest BCUT2D eigenvalue weighted by atomic mass is 9.94. The van der Waals surface area contributed by atoms with Crippen LogP contribution in [0.1, 0.15) is 50.8 Å². The molecule has 106 valence electrons. The molecule has 1 saturated carbocycles. The number of rotatable bonds is 4. The number of aromatic nitrogens is 3. The third-order valence-electron chi connectivity index (χ3n) is 3.80. The maximum atomic E-state index is 12.2. The lowest BCUT2D eigenvalue weighted by Crippen LogP contribution is -2.40. The van der Waals surface area contributed by atoms with E-state index in [0.717, 1.165) is 12.8 Å². The van der Waals surface area contributed by atoms with E-state index in [0.29, 0.717) is 11.7 Å². The number of aliphatic hydroxyl groups is 1. The summed E-state index contributed by atoms with van der Waals surface area (Å²) >= 11 is 0. The van der Waals surface area contributed by atoms with Gasteiger partial charge in [0.25, 0.3) is 0 Å². The lowest BCUT2D eigenvalue weighted by molar-refractivity contribution is -0.133. The van der Waals surface area contributed by atoms with Gasteiger partial charge in [-0.05, 0) is 19.8 Å². The molecule has 0 saturated heterocycles. The number of nitrogens with zero attached hydrogens (tertiary/aromatic N) is 4. The Hall–Kier alpha value is -1.43. The van der Waals surface area contributed by atoms with Gasteiger partial charge in [-0.25, -0.2) is 4.68 Å². The minimum absolute atomic E-state index is 0.0499. The number of amides is 1. The highest BCUT2D eigenvalue weighted by molar-refractivity contribution is 5.75. The Morgan fingerprint density at radius 3 is 2.79 bits per heavy atom. The number of carbonyl (C=O) groups is 1. The third-order valence-corrected chi connectivity index (χ3v) is 3.80. The van der Waals surface area contributed by atoms with Gasteiger partial charge in [-0.2, -0.15) is 0 Å². The van der Waals surface area contributed by atoms with E-state index < -0.39 is 6.10 Å². The van der Waals surface area contributed by atoms with E-state index in [1.54, 1.807) is 13.1 Å². The number of aliphatic hydroxyl groups excluding tert-OH is 1. The maximum absolute atomic E-state index is 12.2. The summed E-state index contributed by atoms with van der Waals surface area (Å²) in [4.78, 5) is 14.0. The average molecular weight is 266 g/mol. The van der Waals surface area contributed by atoms with Crippen molar-refractivity contribution in [3.63, 3.8) is 0 Å². The highest BCUT2D eigenvalue weighted by Crippen LogP contribution is 2.21. The van der Waals surface area contributed by atoms with Gasteiger partial charge in [0.05, 0.1) is 12.3 Å². The van der Waals surface area contributed by atoms with Crippen molar-refractivity contribution in [2.24, 2.45) is 0 Å². The summed E-state index contributed by atoms with van der Waals surface area (Å²) in [7, 11) is 1.87. The molecule has 1 heterocycles. The van der Waals surface area contributed by atoms with E-state index in [4.69, 9.17) is 0 Å². The molecule has 0 bridgehead atoms. The van der Waals surface area contributed by atoms with Gasteiger partial charge in [0, 0.05) is 13.1 Å². The molecule has 19 heavy (non-hydrogen) atoms. The van der Waals surface area contributed by atoms with Gasteiger partial charge in [0.2, 0.25) is 5.91 Å².